The topological polar surface area (TPSA) is 110 Å². The highest BCUT2D eigenvalue weighted by Gasteiger charge is 2.22. The summed E-state index contributed by atoms with van der Waals surface area (Å²) < 4.78 is 0. The lowest BCUT2D eigenvalue weighted by molar-refractivity contribution is -0.116. The molecule has 2 heterocycles. The second-order valence-electron chi connectivity index (χ2n) is 10.8. The first kappa shape index (κ1) is 28.1. The third-order valence-corrected chi connectivity index (χ3v) is 9.56. The Balaban J connectivity index is 0.924. The molecule has 6 rings (SSSR count). The Morgan fingerprint density at radius 3 is 1.55 bits per heavy atom. The molecule has 10 heteroatoms. The molecule has 0 aliphatic heterocycles. The van der Waals surface area contributed by atoms with E-state index in [2.05, 4.69) is 69.1 Å². The minimum atomic E-state index is -0.0668. The highest BCUT2D eigenvalue weighted by atomic mass is 32.1. The molecule has 0 atom stereocenters. The molecule has 0 saturated carbocycles. The van der Waals surface area contributed by atoms with Crippen molar-refractivity contribution in [2.24, 2.45) is 0 Å². The second kappa shape index (κ2) is 12.5. The third kappa shape index (κ3) is 6.39. The van der Waals surface area contributed by atoms with Crippen molar-refractivity contribution >= 4 is 55.9 Å². The van der Waals surface area contributed by atoms with Gasteiger partial charge in [0.25, 0.3) is 0 Å². The van der Waals surface area contributed by atoms with Gasteiger partial charge in [-0.15, -0.1) is 20.4 Å². The van der Waals surface area contributed by atoms with E-state index in [4.69, 9.17) is 0 Å². The fraction of sp³-hybridized carbons (Fsp3) is 0.312. The van der Waals surface area contributed by atoms with Gasteiger partial charge in [0.2, 0.25) is 22.1 Å². The van der Waals surface area contributed by atoms with Crippen LogP contribution in [0.1, 0.15) is 71.8 Å². The number of carbonyl (C=O) groups excluding carboxylic acids is 2. The maximum Gasteiger partial charge on any atom is 0.230 e. The van der Waals surface area contributed by atoms with E-state index in [9.17, 15) is 9.59 Å². The minimum absolute atomic E-state index is 0.0668. The summed E-state index contributed by atoms with van der Waals surface area (Å²) >= 11 is 2.85. The van der Waals surface area contributed by atoms with Crippen molar-refractivity contribution in [1.29, 1.82) is 0 Å². The number of aryl methyl sites for hydroxylation is 2. The minimum Gasteiger partial charge on any atom is -0.300 e. The number of benzene rings is 2. The maximum atomic E-state index is 12.7. The number of hydrogen-bond acceptors (Lipinski definition) is 8. The number of nitrogens with zero attached hydrogens (tertiary/aromatic N) is 4. The van der Waals surface area contributed by atoms with Gasteiger partial charge in [0.1, 0.15) is 10.0 Å². The number of carbonyl (C=O) groups is 2. The van der Waals surface area contributed by atoms with Crippen LogP contribution in [0.2, 0.25) is 0 Å². The van der Waals surface area contributed by atoms with Crippen LogP contribution in [-0.2, 0) is 35.3 Å². The first-order valence-electron chi connectivity index (χ1n) is 14.2. The smallest absolute Gasteiger partial charge is 0.230 e. The van der Waals surface area contributed by atoms with Crippen molar-refractivity contribution in [1.82, 2.24) is 20.4 Å². The van der Waals surface area contributed by atoms with Gasteiger partial charge in [0, 0.05) is 12.8 Å². The van der Waals surface area contributed by atoms with E-state index in [1.807, 2.05) is 24.3 Å². The summed E-state index contributed by atoms with van der Waals surface area (Å²) in [5.74, 6) is -0.134. The molecule has 4 aromatic rings. The maximum absolute atomic E-state index is 12.7. The predicted molar refractivity (Wildman–Crippen MR) is 168 cm³/mol. The van der Waals surface area contributed by atoms with Crippen LogP contribution in [0.4, 0.5) is 10.3 Å². The Morgan fingerprint density at radius 1 is 0.667 bits per heavy atom. The van der Waals surface area contributed by atoms with Gasteiger partial charge in [-0.05, 0) is 72.9 Å². The van der Waals surface area contributed by atoms with Crippen molar-refractivity contribution in [3.05, 3.63) is 91.9 Å². The fourth-order valence-electron chi connectivity index (χ4n) is 5.69. The SMILES string of the molecule is CC1=C(CC(=O)Nc2nnc(CCCCc3nnc(NC(=O)CC4=C(C)Cc5ccccc54)s3)s2)c2ccccc2C1. The highest BCUT2D eigenvalue weighted by Crippen LogP contribution is 2.36. The summed E-state index contributed by atoms with van der Waals surface area (Å²) in [7, 11) is 0. The lowest BCUT2D eigenvalue weighted by Crippen LogP contribution is -2.11. The Morgan fingerprint density at radius 2 is 1.10 bits per heavy atom. The van der Waals surface area contributed by atoms with Crippen LogP contribution in [0, 0.1) is 0 Å². The zero-order valence-corrected chi connectivity index (χ0v) is 25.3. The average molecular weight is 597 g/mol. The van der Waals surface area contributed by atoms with Crippen molar-refractivity contribution in [3.63, 3.8) is 0 Å². The van der Waals surface area contributed by atoms with Crippen molar-refractivity contribution in [2.75, 3.05) is 10.6 Å². The molecule has 8 nitrogen and oxygen atoms in total. The molecule has 42 heavy (non-hydrogen) atoms. The molecule has 2 aliphatic rings. The van der Waals surface area contributed by atoms with E-state index in [0.29, 0.717) is 23.1 Å². The summed E-state index contributed by atoms with van der Waals surface area (Å²) in [5.41, 5.74) is 9.63. The molecule has 0 bridgehead atoms. The van der Waals surface area contributed by atoms with Crippen molar-refractivity contribution < 1.29 is 9.59 Å². The number of hydrogen-bond donors (Lipinski definition) is 2. The van der Waals surface area contributed by atoms with Crippen LogP contribution < -0.4 is 10.6 Å². The summed E-state index contributed by atoms with van der Waals surface area (Å²) in [6.07, 6.45) is 5.89. The lowest BCUT2D eigenvalue weighted by atomic mass is 10.0. The molecule has 0 unspecified atom stereocenters. The Kier molecular flexibility index (Phi) is 8.34. The summed E-state index contributed by atoms with van der Waals surface area (Å²) in [4.78, 5) is 25.4. The van der Waals surface area contributed by atoms with Gasteiger partial charge in [-0.2, -0.15) is 0 Å². The molecule has 0 spiro atoms. The quantitative estimate of drug-likeness (QED) is 0.187. The molecular weight excluding hydrogens is 565 g/mol. The molecule has 2 amide bonds. The number of unbranched alkanes of at least 4 members (excludes halogenated alkanes) is 1. The van der Waals surface area contributed by atoms with E-state index in [0.717, 1.165) is 59.7 Å². The summed E-state index contributed by atoms with van der Waals surface area (Å²) in [5, 5.41) is 25.6. The molecule has 0 radical (unpaired) electrons. The van der Waals surface area contributed by atoms with Gasteiger partial charge in [-0.3, -0.25) is 9.59 Å². The number of allylic oxidation sites excluding steroid dienone is 2. The molecule has 2 aliphatic carbocycles. The molecule has 2 aromatic carbocycles. The van der Waals surface area contributed by atoms with E-state index >= 15 is 0 Å². The molecule has 2 N–H and O–H groups in total. The summed E-state index contributed by atoms with van der Waals surface area (Å²) in [6.45, 7) is 4.19. The Bertz CT molecular complexity index is 1590. The van der Waals surface area contributed by atoms with Gasteiger partial charge in [-0.25, -0.2) is 0 Å². The van der Waals surface area contributed by atoms with Crippen LogP contribution in [0.15, 0.2) is 59.7 Å². The lowest BCUT2D eigenvalue weighted by Gasteiger charge is -2.06. The number of aromatic nitrogens is 4. The Labute approximate surface area is 253 Å². The Hall–Kier alpha value is -4.02. The van der Waals surface area contributed by atoms with Crippen LogP contribution in [0.5, 0.6) is 0 Å². The molecule has 2 aromatic heterocycles. The zero-order valence-electron chi connectivity index (χ0n) is 23.7. The van der Waals surface area contributed by atoms with Crippen LogP contribution in [0.3, 0.4) is 0 Å². The van der Waals surface area contributed by atoms with Gasteiger partial charge in [-0.1, -0.05) is 82.4 Å². The number of anilines is 2. The number of fused-ring (bicyclic) bond motifs is 2. The van der Waals surface area contributed by atoms with Crippen LogP contribution in [0.25, 0.3) is 11.1 Å². The number of amides is 2. The van der Waals surface area contributed by atoms with E-state index in [-0.39, 0.29) is 11.8 Å². The second-order valence-corrected chi connectivity index (χ2v) is 13.0. The van der Waals surface area contributed by atoms with Crippen LogP contribution >= 0.6 is 22.7 Å². The van der Waals surface area contributed by atoms with E-state index in [1.54, 1.807) is 0 Å². The zero-order chi connectivity index (χ0) is 29.1. The van der Waals surface area contributed by atoms with Gasteiger partial charge >= 0.3 is 0 Å². The third-order valence-electron chi connectivity index (χ3n) is 7.76. The average Bonchev–Trinajstić information content (AvgIpc) is 3.75. The highest BCUT2D eigenvalue weighted by molar-refractivity contribution is 7.15. The monoisotopic (exact) mass is 596 g/mol. The molecule has 214 valence electrons. The first-order chi connectivity index (χ1) is 20.4. The molecule has 0 saturated heterocycles. The fourth-order valence-corrected chi connectivity index (χ4v) is 7.28. The van der Waals surface area contributed by atoms with E-state index < -0.39 is 0 Å². The number of rotatable bonds is 11. The van der Waals surface area contributed by atoms with Crippen molar-refractivity contribution in [3.8, 4) is 0 Å². The van der Waals surface area contributed by atoms with Gasteiger partial charge in [0.05, 0.1) is 12.8 Å². The van der Waals surface area contributed by atoms with Gasteiger partial charge < -0.3 is 10.6 Å². The first-order valence-corrected chi connectivity index (χ1v) is 15.8. The molecule has 0 fully saturated rings. The van der Waals surface area contributed by atoms with Gasteiger partial charge in [0.15, 0.2) is 0 Å². The molecular formula is C32H32N6O2S2. The standard InChI is InChI=1S/C32H32N6O2S2/c1-19-15-21-9-3-5-11-23(21)25(19)17-27(39)33-31-37-35-29(41-31)13-7-8-14-30-36-38-32(42-30)34-28(40)18-26-20(2)16-22-10-4-6-12-24(22)26/h3-6,9-12H,7-8,13-18H2,1-2H3,(H,33,37,39)(H,34,38,40). The summed E-state index contributed by atoms with van der Waals surface area (Å²) in [6, 6.07) is 16.5. The largest absolute Gasteiger partial charge is 0.300 e. The predicted octanol–water partition coefficient (Wildman–Crippen LogP) is 6.67. The number of nitrogens with one attached hydrogen (secondary N) is 2. The van der Waals surface area contributed by atoms with Crippen LogP contribution in [-0.4, -0.2) is 32.2 Å². The van der Waals surface area contributed by atoms with E-state index in [1.165, 1.54) is 56.1 Å². The van der Waals surface area contributed by atoms with Crippen molar-refractivity contribution in [2.45, 2.75) is 65.2 Å². The normalized spacial score (nSPS) is 13.9.